The van der Waals surface area contributed by atoms with Gasteiger partial charge in [0.15, 0.2) is 11.5 Å². The van der Waals surface area contributed by atoms with Gasteiger partial charge in [0.25, 0.3) is 5.89 Å². The number of hydrogen-bond acceptors (Lipinski definition) is 7. The molecule has 0 bridgehead atoms. The number of nitrogens with zero attached hydrogens (tertiary/aromatic N) is 3. The van der Waals surface area contributed by atoms with E-state index in [2.05, 4.69) is 22.4 Å². The third-order valence-corrected chi connectivity index (χ3v) is 6.10. The Bertz CT molecular complexity index is 1240. The van der Waals surface area contributed by atoms with Crippen LogP contribution in [0, 0.1) is 0 Å². The lowest BCUT2D eigenvalue weighted by Gasteiger charge is -2.35. The van der Waals surface area contributed by atoms with Gasteiger partial charge in [-0.25, -0.2) is 4.79 Å². The summed E-state index contributed by atoms with van der Waals surface area (Å²) < 4.78 is 16.2. The molecule has 4 rings (SSSR count). The molecule has 9 nitrogen and oxygen atoms in total. The largest absolute Gasteiger partial charge is 0.504 e. The first-order chi connectivity index (χ1) is 17.0. The SMILES string of the molecule is CCCCCN1C(=O)NC(c2ccc(OC)c(O)c2)C(c2nc(-c3cccc(OC)c3)no2)=C1C. The summed E-state index contributed by atoms with van der Waals surface area (Å²) in [7, 11) is 3.08. The van der Waals surface area contributed by atoms with Crippen molar-refractivity contribution in [1.82, 2.24) is 20.4 Å². The smallest absolute Gasteiger partial charge is 0.322 e. The van der Waals surface area contributed by atoms with Gasteiger partial charge in [-0.15, -0.1) is 0 Å². The van der Waals surface area contributed by atoms with Crippen LogP contribution in [0.15, 0.2) is 52.7 Å². The van der Waals surface area contributed by atoms with Gasteiger partial charge in [-0.1, -0.05) is 43.1 Å². The molecule has 184 valence electrons. The van der Waals surface area contributed by atoms with Crippen molar-refractivity contribution in [2.45, 2.75) is 39.2 Å². The maximum absolute atomic E-state index is 13.1. The van der Waals surface area contributed by atoms with Gasteiger partial charge in [0, 0.05) is 17.8 Å². The van der Waals surface area contributed by atoms with Crippen LogP contribution < -0.4 is 14.8 Å². The summed E-state index contributed by atoms with van der Waals surface area (Å²) in [5, 5.41) is 17.6. The fourth-order valence-corrected chi connectivity index (χ4v) is 4.20. The van der Waals surface area contributed by atoms with Gasteiger partial charge >= 0.3 is 6.03 Å². The highest BCUT2D eigenvalue weighted by molar-refractivity contribution is 5.87. The number of hydrogen-bond donors (Lipinski definition) is 2. The second-order valence-electron chi connectivity index (χ2n) is 8.33. The minimum atomic E-state index is -0.597. The minimum Gasteiger partial charge on any atom is -0.504 e. The second kappa shape index (κ2) is 10.5. The molecule has 1 atom stereocenters. The van der Waals surface area contributed by atoms with Crippen molar-refractivity contribution in [1.29, 1.82) is 0 Å². The summed E-state index contributed by atoms with van der Waals surface area (Å²) in [5.74, 6) is 1.70. The number of nitrogens with one attached hydrogen (secondary N) is 1. The van der Waals surface area contributed by atoms with E-state index < -0.39 is 6.04 Å². The number of phenolic OH excluding ortho intramolecular Hbond substituents is 1. The summed E-state index contributed by atoms with van der Waals surface area (Å²) in [5.41, 5.74) is 2.81. The lowest BCUT2D eigenvalue weighted by Crippen LogP contribution is -2.46. The molecule has 9 heteroatoms. The molecule has 2 aromatic carbocycles. The number of amides is 2. The number of allylic oxidation sites excluding steroid dienone is 1. The highest BCUT2D eigenvalue weighted by Crippen LogP contribution is 2.40. The molecule has 1 aliphatic rings. The Morgan fingerprint density at radius 2 is 1.97 bits per heavy atom. The zero-order valence-electron chi connectivity index (χ0n) is 20.4. The molecule has 0 spiro atoms. The molecule has 1 unspecified atom stereocenters. The van der Waals surface area contributed by atoms with E-state index in [1.165, 1.54) is 7.11 Å². The third-order valence-electron chi connectivity index (χ3n) is 6.10. The van der Waals surface area contributed by atoms with E-state index in [4.69, 9.17) is 14.0 Å². The van der Waals surface area contributed by atoms with Gasteiger partial charge in [-0.3, -0.25) is 4.90 Å². The summed E-state index contributed by atoms with van der Waals surface area (Å²) in [4.78, 5) is 19.4. The van der Waals surface area contributed by atoms with E-state index in [0.717, 1.165) is 30.5 Å². The molecule has 0 saturated carbocycles. The molecule has 0 aliphatic carbocycles. The average molecular weight is 479 g/mol. The van der Waals surface area contributed by atoms with E-state index in [9.17, 15) is 9.90 Å². The monoisotopic (exact) mass is 478 g/mol. The molecule has 0 fully saturated rings. The fourth-order valence-electron chi connectivity index (χ4n) is 4.20. The number of benzene rings is 2. The molecular formula is C26H30N4O5. The molecule has 2 N–H and O–H groups in total. The predicted octanol–water partition coefficient (Wildman–Crippen LogP) is 5.15. The summed E-state index contributed by atoms with van der Waals surface area (Å²) in [6, 6.07) is 11.6. The van der Waals surface area contributed by atoms with Crippen LogP contribution in [0.2, 0.25) is 0 Å². The number of carbonyl (C=O) groups excluding carboxylic acids is 1. The van der Waals surface area contributed by atoms with E-state index in [0.29, 0.717) is 40.9 Å². The minimum absolute atomic E-state index is 0.0239. The molecule has 0 radical (unpaired) electrons. The number of methoxy groups -OCH3 is 2. The van der Waals surface area contributed by atoms with E-state index in [1.807, 2.05) is 31.2 Å². The highest BCUT2D eigenvalue weighted by atomic mass is 16.5. The van der Waals surface area contributed by atoms with Gasteiger partial charge < -0.3 is 24.4 Å². The first-order valence-corrected chi connectivity index (χ1v) is 11.6. The van der Waals surface area contributed by atoms with E-state index in [-0.39, 0.29) is 11.8 Å². The number of ether oxygens (including phenoxy) is 2. The van der Waals surface area contributed by atoms with Gasteiger partial charge in [0.1, 0.15) is 5.75 Å². The number of aromatic hydroxyl groups is 1. The van der Waals surface area contributed by atoms with Crippen molar-refractivity contribution in [3.8, 4) is 28.6 Å². The van der Waals surface area contributed by atoms with E-state index >= 15 is 0 Å². The standard InChI is InChI=1S/C26H30N4O5/c1-5-6-7-13-30-16(2)22(23(27-26(30)32)17-11-12-21(34-4)20(31)15-17)25-28-24(29-35-25)18-9-8-10-19(14-18)33-3/h8-12,14-15,23,31H,5-7,13H2,1-4H3,(H,27,32). The van der Waals surface area contributed by atoms with Crippen LogP contribution in [-0.4, -0.2) is 46.9 Å². The summed E-state index contributed by atoms with van der Waals surface area (Å²) in [6.07, 6.45) is 2.94. The van der Waals surface area contributed by atoms with Gasteiger partial charge in [0.2, 0.25) is 5.82 Å². The van der Waals surface area contributed by atoms with E-state index in [1.54, 1.807) is 30.2 Å². The lowest BCUT2D eigenvalue weighted by atomic mass is 9.94. The normalized spacial score (nSPS) is 15.8. The zero-order chi connectivity index (χ0) is 24.9. The molecule has 1 aromatic heterocycles. The molecule has 3 aromatic rings. The Labute approximate surface area is 204 Å². The molecule has 1 aliphatic heterocycles. The average Bonchev–Trinajstić information content (AvgIpc) is 3.35. The van der Waals surface area contributed by atoms with Crippen LogP contribution in [0.1, 0.15) is 50.6 Å². The summed E-state index contributed by atoms with van der Waals surface area (Å²) in [6.45, 7) is 4.58. The van der Waals surface area contributed by atoms with Crippen molar-refractivity contribution < 1.29 is 23.9 Å². The van der Waals surface area contributed by atoms with Crippen molar-refractivity contribution in [2.75, 3.05) is 20.8 Å². The molecule has 2 amide bonds. The van der Waals surface area contributed by atoms with Crippen LogP contribution in [0.3, 0.4) is 0 Å². The third kappa shape index (κ3) is 4.94. The Kier molecular flexibility index (Phi) is 7.24. The maximum atomic E-state index is 13.1. The van der Waals surface area contributed by atoms with Crippen LogP contribution >= 0.6 is 0 Å². The van der Waals surface area contributed by atoms with Gasteiger partial charge in [-0.05, 0) is 43.2 Å². The Morgan fingerprint density at radius 1 is 1.14 bits per heavy atom. The van der Waals surface area contributed by atoms with Crippen molar-refractivity contribution in [3.63, 3.8) is 0 Å². The number of urea groups is 1. The quantitative estimate of drug-likeness (QED) is 0.409. The lowest BCUT2D eigenvalue weighted by molar-refractivity contribution is 0.204. The zero-order valence-corrected chi connectivity index (χ0v) is 20.4. The van der Waals surface area contributed by atoms with Crippen LogP contribution in [0.5, 0.6) is 17.2 Å². The van der Waals surface area contributed by atoms with Crippen molar-refractivity contribution in [3.05, 3.63) is 59.6 Å². The Hall–Kier alpha value is -4.01. The molecular weight excluding hydrogens is 448 g/mol. The highest BCUT2D eigenvalue weighted by Gasteiger charge is 2.36. The number of rotatable bonds is 9. The van der Waals surface area contributed by atoms with Crippen molar-refractivity contribution >= 4 is 11.6 Å². The number of phenols is 1. The van der Waals surface area contributed by atoms with Gasteiger partial charge in [-0.2, -0.15) is 4.98 Å². The Morgan fingerprint density at radius 3 is 2.69 bits per heavy atom. The van der Waals surface area contributed by atoms with Crippen LogP contribution in [0.25, 0.3) is 17.0 Å². The number of aromatic nitrogens is 2. The molecule has 35 heavy (non-hydrogen) atoms. The van der Waals surface area contributed by atoms with Gasteiger partial charge in [0.05, 0.1) is 25.8 Å². The maximum Gasteiger partial charge on any atom is 0.322 e. The predicted molar refractivity (Wildman–Crippen MR) is 131 cm³/mol. The number of carbonyl (C=O) groups is 1. The first-order valence-electron chi connectivity index (χ1n) is 11.6. The summed E-state index contributed by atoms with van der Waals surface area (Å²) >= 11 is 0. The second-order valence-corrected chi connectivity index (χ2v) is 8.33. The topological polar surface area (TPSA) is 110 Å². The van der Waals surface area contributed by atoms with Crippen LogP contribution in [-0.2, 0) is 0 Å². The molecule has 2 heterocycles. The van der Waals surface area contributed by atoms with Crippen molar-refractivity contribution in [2.24, 2.45) is 0 Å². The first kappa shape index (κ1) is 24.1. The Balaban J connectivity index is 1.78. The van der Waals surface area contributed by atoms with Crippen LogP contribution in [0.4, 0.5) is 4.79 Å². The molecule has 0 saturated heterocycles. The number of unbranched alkanes of at least 4 members (excludes halogenated alkanes) is 2. The fraction of sp³-hybridized carbons (Fsp3) is 0.346.